The number of carbonyl (C=O) groups is 2. The zero-order chi connectivity index (χ0) is 23.3. The summed E-state index contributed by atoms with van der Waals surface area (Å²) in [7, 11) is 1.29. The molecule has 0 fully saturated rings. The predicted octanol–water partition coefficient (Wildman–Crippen LogP) is 5.32. The van der Waals surface area contributed by atoms with Crippen LogP contribution in [0, 0.1) is 0 Å². The van der Waals surface area contributed by atoms with Crippen molar-refractivity contribution in [3.63, 3.8) is 0 Å². The Balaban J connectivity index is 1.65. The second kappa shape index (κ2) is 11.0. The average Bonchev–Trinajstić information content (AvgIpc) is 3.40. The molecule has 0 saturated heterocycles. The number of benzene rings is 1. The lowest BCUT2D eigenvalue weighted by Crippen LogP contribution is -2.16. The summed E-state index contributed by atoms with van der Waals surface area (Å²) >= 11 is 14.6. The number of hydrogen-bond donors (Lipinski definition) is 1. The summed E-state index contributed by atoms with van der Waals surface area (Å²) in [4.78, 5) is 24.2. The molecule has 0 saturated carbocycles. The zero-order valence-corrected chi connectivity index (χ0v) is 20.6. The number of ether oxygens (including phenoxy) is 2. The third kappa shape index (κ3) is 5.74. The number of nitrogens with zero attached hydrogens (tertiary/aromatic N) is 3. The lowest BCUT2D eigenvalue weighted by molar-refractivity contribution is -0.113. The van der Waals surface area contributed by atoms with Crippen molar-refractivity contribution in [2.24, 2.45) is 0 Å². The summed E-state index contributed by atoms with van der Waals surface area (Å²) in [5.41, 5.74) is 0.321. The molecule has 1 amide bonds. The third-order valence-electron chi connectivity index (χ3n) is 4.28. The Morgan fingerprint density at radius 3 is 2.75 bits per heavy atom. The number of methoxy groups -OCH3 is 1. The van der Waals surface area contributed by atoms with Gasteiger partial charge < -0.3 is 19.4 Å². The molecule has 170 valence electrons. The highest BCUT2D eigenvalue weighted by Gasteiger charge is 2.21. The fourth-order valence-electron chi connectivity index (χ4n) is 2.79. The van der Waals surface area contributed by atoms with E-state index < -0.39 is 12.1 Å². The average molecular weight is 515 g/mol. The van der Waals surface area contributed by atoms with Gasteiger partial charge >= 0.3 is 5.97 Å². The van der Waals surface area contributed by atoms with Crippen LogP contribution in [0.25, 0.3) is 0 Å². The topological polar surface area (TPSA) is 95.3 Å². The molecule has 3 rings (SSSR count). The molecular weight excluding hydrogens is 495 g/mol. The molecule has 12 heteroatoms. The highest BCUT2D eigenvalue weighted by molar-refractivity contribution is 7.99. The summed E-state index contributed by atoms with van der Waals surface area (Å²) in [5.74, 6) is 0.411. The van der Waals surface area contributed by atoms with E-state index in [4.69, 9.17) is 32.7 Å². The van der Waals surface area contributed by atoms with E-state index in [2.05, 4.69) is 15.5 Å². The molecular formula is C20H20Cl2N4O4S2. The highest BCUT2D eigenvalue weighted by Crippen LogP contribution is 2.32. The molecule has 0 radical (unpaired) electrons. The normalized spacial score (nSPS) is 11.8. The van der Waals surface area contributed by atoms with E-state index >= 15 is 0 Å². The van der Waals surface area contributed by atoms with Gasteiger partial charge in [0, 0.05) is 11.6 Å². The van der Waals surface area contributed by atoms with Gasteiger partial charge in [-0.05, 0) is 43.5 Å². The Morgan fingerprint density at radius 1 is 1.28 bits per heavy atom. The molecule has 0 aliphatic heterocycles. The Hall–Kier alpha value is -2.27. The maximum atomic E-state index is 12.4. The maximum Gasteiger partial charge on any atom is 0.340 e. The standard InChI is InChI=1S/C20H20Cl2N4O4S2/c1-4-26-17(11(2)30-15-6-5-12(21)9-14(15)22)24-25-20(26)32-10-16(27)23-18-13(7-8-31-18)19(28)29-3/h5-9,11H,4,10H2,1-3H3,(H,23,27). The van der Waals surface area contributed by atoms with Crippen LogP contribution in [-0.2, 0) is 16.1 Å². The van der Waals surface area contributed by atoms with Gasteiger partial charge in [0.2, 0.25) is 5.91 Å². The van der Waals surface area contributed by atoms with Crippen LogP contribution >= 0.6 is 46.3 Å². The molecule has 1 atom stereocenters. The van der Waals surface area contributed by atoms with Gasteiger partial charge in [-0.3, -0.25) is 4.79 Å². The van der Waals surface area contributed by atoms with Gasteiger partial charge in [0.05, 0.1) is 23.4 Å². The first kappa shape index (κ1) is 24.4. The number of amides is 1. The lowest BCUT2D eigenvalue weighted by atomic mass is 10.3. The van der Waals surface area contributed by atoms with E-state index in [9.17, 15) is 9.59 Å². The first-order valence-corrected chi connectivity index (χ1v) is 12.1. The monoisotopic (exact) mass is 514 g/mol. The van der Waals surface area contributed by atoms with Crippen molar-refractivity contribution >= 4 is 63.2 Å². The minimum atomic E-state index is -0.501. The minimum absolute atomic E-state index is 0.0922. The molecule has 0 spiro atoms. The number of hydrogen-bond acceptors (Lipinski definition) is 8. The Kier molecular flexibility index (Phi) is 8.41. The summed E-state index contributed by atoms with van der Waals surface area (Å²) in [6.45, 7) is 4.38. The second-order valence-corrected chi connectivity index (χ2v) is 9.11. The minimum Gasteiger partial charge on any atom is -0.481 e. The van der Waals surface area contributed by atoms with Crippen molar-refractivity contribution in [3.05, 3.63) is 51.1 Å². The first-order valence-electron chi connectivity index (χ1n) is 9.47. The molecule has 3 aromatic rings. The van der Waals surface area contributed by atoms with Crippen LogP contribution in [0.5, 0.6) is 5.75 Å². The fourth-order valence-corrected chi connectivity index (χ4v) is 4.84. The van der Waals surface area contributed by atoms with Crippen LogP contribution in [0.3, 0.4) is 0 Å². The molecule has 0 aliphatic carbocycles. The number of esters is 1. The van der Waals surface area contributed by atoms with Gasteiger partial charge in [-0.15, -0.1) is 21.5 Å². The molecule has 1 unspecified atom stereocenters. The van der Waals surface area contributed by atoms with E-state index in [-0.39, 0.29) is 11.7 Å². The van der Waals surface area contributed by atoms with E-state index in [1.165, 1.54) is 30.2 Å². The lowest BCUT2D eigenvalue weighted by Gasteiger charge is -2.16. The maximum absolute atomic E-state index is 12.4. The van der Waals surface area contributed by atoms with E-state index in [1.807, 2.05) is 18.4 Å². The van der Waals surface area contributed by atoms with Crippen LogP contribution < -0.4 is 10.1 Å². The van der Waals surface area contributed by atoms with Crippen molar-refractivity contribution in [1.82, 2.24) is 14.8 Å². The number of anilines is 1. The van der Waals surface area contributed by atoms with Gasteiger partial charge in [0.1, 0.15) is 10.8 Å². The Bertz CT molecular complexity index is 1120. The van der Waals surface area contributed by atoms with Crippen molar-refractivity contribution in [2.45, 2.75) is 31.7 Å². The number of nitrogens with one attached hydrogen (secondary N) is 1. The van der Waals surface area contributed by atoms with Crippen molar-refractivity contribution in [2.75, 3.05) is 18.2 Å². The molecule has 2 aromatic heterocycles. The number of carbonyl (C=O) groups excluding carboxylic acids is 2. The number of thioether (sulfide) groups is 1. The van der Waals surface area contributed by atoms with E-state index in [0.29, 0.717) is 43.9 Å². The summed E-state index contributed by atoms with van der Waals surface area (Å²) < 4.78 is 12.5. The Labute approximate surface area is 203 Å². The van der Waals surface area contributed by atoms with Crippen molar-refractivity contribution < 1.29 is 19.1 Å². The van der Waals surface area contributed by atoms with Gasteiger partial charge in [0.15, 0.2) is 17.1 Å². The SMILES string of the molecule is CCn1c(SCC(=O)Nc2sccc2C(=O)OC)nnc1C(C)Oc1ccc(Cl)cc1Cl. The molecule has 32 heavy (non-hydrogen) atoms. The van der Waals surface area contributed by atoms with Gasteiger partial charge in [0.25, 0.3) is 0 Å². The van der Waals surface area contributed by atoms with Crippen LogP contribution in [-0.4, -0.2) is 39.5 Å². The highest BCUT2D eigenvalue weighted by atomic mass is 35.5. The van der Waals surface area contributed by atoms with Crippen LogP contribution in [0.2, 0.25) is 10.0 Å². The summed E-state index contributed by atoms with van der Waals surface area (Å²) in [6.07, 6.45) is -0.432. The van der Waals surface area contributed by atoms with Crippen molar-refractivity contribution in [1.29, 1.82) is 0 Å². The molecule has 1 aromatic carbocycles. The van der Waals surface area contributed by atoms with Crippen LogP contribution in [0.4, 0.5) is 5.00 Å². The van der Waals surface area contributed by atoms with E-state index in [0.717, 1.165) is 0 Å². The Morgan fingerprint density at radius 2 is 2.06 bits per heavy atom. The summed E-state index contributed by atoms with van der Waals surface area (Å²) in [6, 6.07) is 6.60. The quantitative estimate of drug-likeness (QED) is 0.304. The predicted molar refractivity (Wildman–Crippen MR) is 126 cm³/mol. The second-order valence-electron chi connectivity index (χ2n) is 6.41. The fraction of sp³-hybridized carbons (Fsp3) is 0.300. The molecule has 2 heterocycles. The number of aromatic nitrogens is 3. The van der Waals surface area contributed by atoms with Gasteiger partial charge in [-0.2, -0.15) is 0 Å². The third-order valence-corrected chi connectivity index (χ3v) is 6.61. The largest absolute Gasteiger partial charge is 0.481 e. The molecule has 8 nitrogen and oxygen atoms in total. The molecule has 1 N–H and O–H groups in total. The number of thiophene rings is 1. The first-order chi connectivity index (χ1) is 15.3. The molecule has 0 aliphatic rings. The smallest absolute Gasteiger partial charge is 0.340 e. The van der Waals surface area contributed by atoms with E-state index in [1.54, 1.807) is 29.6 Å². The summed E-state index contributed by atoms with van der Waals surface area (Å²) in [5, 5.41) is 14.8. The van der Waals surface area contributed by atoms with Gasteiger partial charge in [-0.1, -0.05) is 35.0 Å². The van der Waals surface area contributed by atoms with Gasteiger partial charge in [-0.25, -0.2) is 4.79 Å². The molecule has 0 bridgehead atoms. The van der Waals surface area contributed by atoms with Crippen LogP contribution in [0.15, 0.2) is 34.8 Å². The van der Waals surface area contributed by atoms with Crippen LogP contribution in [0.1, 0.15) is 36.1 Å². The number of halogens is 2. The zero-order valence-electron chi connectivity index (χ0n) is 17.4. The van der Waals surface area contributed by atoms with Crippen molar-refractivity contribution in [3.8, 4) is 5.75 Å². The number of rotatable bonds is 9.